The number of amides is 1. The average molecular weight is 300 g/mol. The smallest absolute Gasteiger partial charge is 0.272 e. The molecule has 1 heterocycles. The summed E-state index contributed by atoms with van der Waals surface area (Å²) in [5.41, 5.74) is 0.291. The fourth-order valence-corrected chi connectivity index (χ4v) is 1.98. The van der Waals surface area contributed by atoms with E-state index < -0.39 is 19.1 Å². The van der Waals surface area contributed by atoms with E-state index in [9.17, 15) is 18.7 Å². The normalized spacial score (nSPS) is 15.9. The average Bonchev–Trinajstić information content (AvgIpc) is 3.29. The van der Waals surface area contributed by atoms with Crippen LogP contribution in [0.15, 0.2) is 18.3 Å². The monoisotopic (exact) mass is 300 g/mol. The zero-order valence-corrected chi connectivity index (χ0v) is 11.7. The first-order valence-corrected chi connectivity index (χ1v) is 6.78. The van der Waals surface area contributed by atoms with E-state index in [0.29, 0.717) is 5.56 Å². The Hall–Kier alpha value is -1.76. The largest absolute Gasteiger partial charge is 0.472 e. The van der Waals surface area contributed by atoms with Crippen LogP contribution in [0.25, 0.3) is 0 Å². The molecule has 0 bridgehead atoms. The third-order valence-corrected chi connectivity index (χ3v) is 3.31. The Kier molecular flexibility index (Phi) is 5.06. The van der Waals surface area contributed by atoms with Gasteiger partial charge in [0.05, 0.1) is 6.10 Å². The van der Waals surface area contributed by atoms with Crippen LogP contribution in [-0.2, 0) is 0 Å². The SMILES string of the molecule is CN(CC(O)C1CC1)C(=O)c1ccnc(OCC(F)F)c1. The van der Waals surface area contributed by atoms with Crippen LogP contribution in [0.1, 0.15) is 23.2 Å². The molecular weight excluding hydrogens is 282 g/mol. The number of aliphatic hydroxyl groups is 1. The molecule has 1 unspecified atom stereocenters. The molecule has 1 fully saturated rings. The molecule has 0 aliphatic heterocycles. The van der Waals surface area contributed by atoms with Crippen molar-refractivity contribution in [1.82, 2.24) is 9.88 Å². The topological polar surface area (TPSA) is 62.7 Å². The molecule has 1 aromatic rings. The third kappa shape index (κ3) is 4.63. The fourth-order valence-electron chi connectivity index (χ4n) is 1.98. The van der Waals surface area contributed by atoms with Gasteiger partial charge >= 0.3 is 0 Å². The Labute approximate surface area is 121 Å². The van der Waals surface area contributed by atoms with E-state index in [0.717, 1.165) is 12.8 Å². The number of likely N-dealkylation sites (N-methyl/N-ethyl adjacent to an activating group) is 1. The van der Waals surface area contributed by atoms with Crippen LogP contribution >= 0.6 is 0 Å². The minimum atomic E-state index is -2.59. The van der Waals surface area contributed by atoms with Crippen LogP contribution in [0.3, 0.4) is 0 Å². The summed E-state index contributed by atoms with van der Waals surface area (Å²) in [7, 11) is 1.59. The minimum absolute atomic E-state index is 0.0164. The first-order valence-electron chi connectivity index (χ1n) is 6.78. The molecular formula is C14H18F2N2O3. The highest BCUT2D eigenvalue weighted by molar-refractivity contribution is 5.94. The van der Waals surface area contributed by atoms with Gasteiger partial charge < -0.3 is 14.7 Å². The Morgan fingerprint density at radius 1 is 1.57 bits per heavy atom. The second-order valence-corrected chi connectivity index (χ2v) is 5.18. The van der Waals surface area contributed by atoms with Crippen LogP contribution in [0.4, 0.5) is 8.78 Å². The number of hydrogen-bond acceptors (Lipinski definition) is 4. The van der Waals surface area contributed by atoms with E-state index in [1.165, 1.54) is 23.2 Å². The van der Waals surface area contributed by atoms with Gasteiger partial charge in [-0.2, -0.15) is 0 Å². The summed E-state index contributed by atoms with van der Waals surface area (Å²) >= 11 is 0. The molecule has 0 saturated heterocycles. The number of nitrogens with zero attached hydrogens (tertiary/aromatic N) is 2. The van der Waals surface area contributed by atoms with Gasteiger partial charge in [-0.3, -0.25) is 4.79 Å². The molecule has 5 nitrogen and oxygen atoms in total. The summed E-state index contributed by atoms with van der Waals surface area (Å²) in [6, 6.07) is 2.81. The van der Waals surface area contributed by atoms with Crippen molar-refractivity contribution < 1.29 is 23.4 Å². The molecule has 1 amide bonds. The standard InChI is InChI=1S/C14H18F2N2O3/c1-18(7-11(19)9-2-3-9)14(20)10-4-5-17-13(6-10)21-8-12(15)16/h4-6,9,11-12,19H,2-3,7-8H2,1H3. The number of rotatable bonds is 7. The number of halogens is 2. The molecule has 1 saturated carbocycles. The number of hydrogen-bond donors (Lipinski definition) is 1. The highest BCUT2D eigenvalue weighted by Crippen LogP contribution is 2.32. The van der Waals surface area contributed by atoms with E-state index in [1.807, 2.05) is 0 Å². The molecule has 116 valence electrons. The van der Waals surface area contributed by atoms with Crippen molar-refractivity contribution >= 4 is 5.91 Å². The van der Waals surface area contributed by atoms with Gasteiger partial charge in [0.2, 0.25) is 5.88 Å². The maximum atomic E-state index is 12.2. The Bertz CT molecular complexity index is 495. The molecule has 0 spiro atoms. The van der Waals surface area contributed by atoms with Crippen molar-refractivity contribution in [2.45, 2.75) is 25.4 Å². The number of aromatic nitrogens is 1. The van der Waals surface area contributed by atoms with E-state index in [1.54, 1.807) is 7.05 Å². The quantitative estimate of drug-likeness (QED) is 0.830. The lowest BCUT2D eigenvalue weighted by molar-refractivity contribution is 0.0643. The minimum Gasteiger partial charge on any atom is -0.472 e. The number of alkyl halides is 2. The third-order valence-electron chi connectivity index (χ3n) is 3.31. The zero-order valence-electron chi connectivity index (χ0n) is 11.7. The highest BCUT2D eigenvalue weighted by Gasteiger charge is 2.31. The second kappa shape index (κ2) is 6.80. The molecule has 1 aliphatic rings. The molecule has 0 radical (unpaired) electrons. The fraction of sp³-hybridized carbons (Fsp3) is 0.571. The summed E-state index contributed by atoms with van der Waals surface area (Å²) in [5.74, 6) is -0.0427. The number of aliphatic hydroxyl groups excluding tert-OH is 1. The highest BCUT2D eigenvalue weighted by atomic mass is 19.3. The summed E-state index contributed by atoms with van der Waals surface area (Å²) in [4.78, 5) is 17.4. The van der Waals surface area contributed by atoms with Crippen LogP contribution in [0, 0.1) is 5.92 Å². The second-order valence-electron chi connectivity index (χ2n) is 5.18. The maximum Gasteiger partial charge on any atom is 0.272 e. The summed E-state index contributed by atoms with van der Waals surface area (Å²) < 4.78 is 28.9. The number of pyridine rings is 1. The van der Waals surface area contributed by atoms with Gasteiger partial charge in [0.25, 0.3) is 12.3 Å². The molecule has 0 aromatic carbocycles. The van der Waals surface area contributed by atoms with Gasteiger partial charge in [-0.1, -0.05) is 0 Å². The lowest BCUT2D eigenvalue weighted by Crippen LogP contribution is -2.35. The number of carbonyl (C=O) groups is 1. The van der Waals surface area contributed by atoms with Crippen LogP contribution in [0.5, 0.6) is 5.88 Å². The molecule has 2 rings (SSSR count). The predicted molar refractivity (Wildman–Crippen MR) is 71.4 cm³/mol. The van der Waals surface area contributed by atoms with Gasteiger partial charge in [0, 0.05) is 31.4 Å². The van der Waals surface area contributed by atoms with Crippen molar-refractivity contribution in [3.63, 3.8) is 0 Å². The van der Waals surface area contributed by atoms with Crippen molar-refractivity contribution in [3.05, 3.63) is 23.9 Å². The predicted octanol–water partition coefficient (Wildman–Crippen LogP) is 1.57. The van der Waals surface area contributed by atoms with Crippen molar-refractivity contribution in [2.75, 3.05) is 20.2 Å². The van der Waals surface area contributed by atoms with Gasteiger partial charge in [-0.15, -0.1) is 0 Å². The van der Waals surface area contributed by atoms with Crippen molar-refractivity contribution in [3.8, 4) is 5.88 Å². The number of carbonyl (C=O) groups excluding carboxylic acids is 1. The van der Waals surface area contributed by atoms with Crippen LogP contribution in [-0.4, -0.2) is 53.6 Å². The Morgan fingerprint density at radius 2 is 2.29 bits per heavy atom. The summed E-state index contributed by atoms with van der Waals surface area (Å²) in [6.45, 7) is -0.514. The molecule has 1 aliphatic carbocycles. The molecule has 21 heavy (non-hydrogen) atoms. The van der Waals surface area contributed by atoms with Gasteiger partial charge in [-0.05, 0) is 24.8 Å². The lowest BCUT2D eigenvalue weighted by atomic mass is 10.2. The molecule has 7 heteroatoms. The van der Waals surface area contributed by atoms with Gasteiger partial charge in [0.1, 0.15) is 0 Å². The van der Waals surface area contributed by atoms with E-state index in [4.69, 9.17) is 4.74 Å². The first-order chi connectivity index (χ1) is 9.97. The lowest BCUT2D eigenvalue weighted by Gasteiger charge is -2.20. The zero-order chi connectivity index (χ0) is 15.4. The first kappa shape index (κ1) is 15.6. The van der Waals surface area contributed by atoms with E-state index >= 15 is 0 Å². The summed E-state index contributed by atoms with van der Waals surface area (Å²) in [6.07, 6.45) is 0.200. The Balaban J connectivity index is 1.95. The van der Waals surface area contributed by atoms with Gasteiger partial charge in [0.15, 0.2) is 6.61 Å². The van der Waals surface area contributed by atoms with Gasteiger partial charge in [-0.25, -0.2) is 13.8 Å². The van der Waals surface area contributed by atoms with E-state index in [2.05, 4.69) is 4.98 Å². The summed E-state index contributed by atoms with van der Waals surface area (Å²) in [5, 5.41) is 9.84. The van der Waals surface area contributed by atoms with Crippen LogP contribution in [0.2, 0.25) is 0 Å². The van der Waals surface area contributed by atoms with Crippen LogP contribution < -0.4 is 4.74 Å². The van der Waals surface area contributed by atoms with Crippen molar-refractivity contribution in [1.29, 1.82) is 0 Å². The maximum absolute atomic E-state index is 12.2. The van der Waals surface area contributed by atoms with Crippen molar-refractivity contribution in [2.24, 2.45) is 5.92 Å². The molecule has 1 atom stereocenters. The molecule has 1 aromatic heterocycles. The van der Waals surface area contributed by atoms with E-state index in [-0.39, 0.29) is 24.2 Å². The Morgan fingerprint density at radius 3 is 2.90 bits per heavy atom. The molecule has 1 N–H and O–H groups in total. The number of ether oxygens (including phenoxy) is 1.